The van der Waals surface area contributed by atoms with Crippen LogP contribution in [0, 0.1) is 0 Å². The first-order valence-electron chi connectivity index (χ1n) is 16.2. The minimum absolute atomic E-state index is 0.0902. The predicted molar refractivity (Wildman–Crippen MR) is 190 cm³/mol. The Bertz CT molecular complexity index is 1780. The van der Waals surface area contributed by atoms with Crippen LogP contribution in [0.25, 0.3) is 16.7 Å². The van der Waals surface area contributed by atoms with Gasteiger partial charge in [0, 0.05) is 44.5 Å². The molecular weight excluding hydrogens is 779 g/mol. The van der Waals surface area contributed by atoms with E-state index in [0.29, 0.717) is 73.8 Å². The van der Waals surface area contributed by atoms with Crippen molar-refractivity contribution in [1.82, 2.24) is 39.8 Å². The van der Waals surface area contributed by atoms with E-state index in [9.17, 15) is 19.2 Å². The number of hydrogen-bond acceptors (Lipinski definition) is 12. The lowest BCUT2D eigenvalue weighted by atomic mass is 10.1. The van der Waals surface area contributed by atoms with Crippen LogP contribution in [0.2, 0.25) is 0 Å². The molecule has 17 nitrogen and oxygen atoms in total. The number of Topliss-reactive ketones (excluding diaryl/α,β-unsaturated/α-hetero) is 1. The van der Waals surface area contributed by atoms with Crippen LogP contribution < -0.4 is 10.1 Å². The van der Waals surface area contributed by atoms with Gasteiger partial charge in [-0.2, -0.15) is 4.68 Å². The van der Waals surface area contributed by atoms with E-state index in [0.717, 1.165) is 0 Å². The van der Waals surface area contributed by atoms with Crippen LogP contribution >= 0.6 is 22.6 Å². The van der Waals surface area contributed by atoms with Crippen molar-refractivity contribution in [2.45, 2.75) is 0 Å². The minimum atomic E-state index is -0.742. The van der Waals surface area contributed by atoms with Crippen LogP contribution in [-0.2, 0) is 23.7 Å². The number of fused-ring (bicyclic) bond motifs is 1. The number of nitrogens with one attached hydrogen (secondary N) is 2. The number of alkyl halides is 1. The molecule has 0 atom stereocenters. The van der Waals surface area contributed by atoms with Crippen LogP contribution in [0.4, 0.5) is 0 Å². The average molecular weight is 819 g/mol. The first kappa shape index (κ1) is 37.7. The van der Waals surface area contributed by atoms with Gasteiger partial charge in [0.2, 0.25) is 5.82 Å². The largest absolute Gasteiger partial charge is 0.494 e. The maximum atomic E-state index is 13.5. The Balaban J connectivity index is 1.13. The number of carbonyl (C=O) groups excluding carboxylic acids is 4. The minimum Gasteiger partial charge on any atom is -0.494 e. The van der Waals surface area contributed by atoms with Crippen molar-refractivity contribution >= 4 is 57.0 Å². The summed E-state index contributed by atoms with van der Waals surface area (Å²) in [5, 5.41) is 7.30. The zero-order valence-electron chi connectivity index (χ0n) is 28.0. The highest BCUT2D eigenvalue weighted by Crippen LogP contribution is 2.32. The molecule has 5 rings (SSSR count). The molecule has 1 aliphatic heterocycles. The maximum absolute atomic E-state index is 13.5. The van der Waals surface area contributed by atoms with Gasteiger partial charge in [0.05, 0.1) is 80.6 Å². The monoisotopic (exact) mass is 818 g/mol. The van der Waals surface area contributed by atoms with Gasteiger partial charge in [-0.1, -0.05) is 40.8 Å². The lowest BCUT2D eigenvalue weighted by Crippen LogP contribution is -2.52. The van der Waals surface area contributed by atoms with Crippen molar-refractivity contribution in [1.29, 1.82) is 0 Å². The van der Waals surface area contributed by atoms with Crippen molar-refractivity contribution in [2.24, 2.45) is 0 Å². The normalized spacial score (nSPS) is 13.1. The molecule has 1 aliphatic rings. The van der Waals surface area contributed by atoms with E-state index in [-0.39, 0.29) is 55.1 Å². The standard InChI is InChI=1S/C33H39IN8O9/c1-47-25-20-37-30(42-22-38-29(39-42)31(44)35-7-12-48-13-14-49-15-16-50-17-18-51-21-34)27-26(25)24(19-36-27)28(43)33(46)41-10-8-40(9-11-41)32(45)23-5-3-2-4-6-23/h2-6,19-20,22,36H,7-18,21H2,1H3,(H,35,44). The third kappa shape index (κ3) is 9.85. The highest BCUT2D eigenvalue weighted by atomic mass is 127. The summed E-state index contributed by atoms with van der Waals surface area (Å²) in [6.45, 7) is 4.27. The number of rotatable bonds is 19. The number of aromatic amines is 1. The molecule has 272 valence electrons. The fourth-order valence-electron chi connectivity index (χ4n) is 5.25. The molecule has 1 fully saturated rings. The summed E-state index contributed by atoms with van der Waals surface area (Å²) >= 11 is 2.13. The molecule has 0 aliphatic carbocycles. The van der Waals surface area contributed by atoms with Gasteiger partial charge < -0.3 is 43.8 Å². The quantitative estimate of drug-likeness (QED) is 0.0457. The van der Waals surface area contributed by atoms with Crippen molar-refractivity contribution in [3.63, 3.8) is 0 Å². The Kier molecular flexibility index (Phi) is 14.2. The fourth-order valence-corrected chi connectivity index (χ4v) is 5.56. The zero-order valence-corrected chi connectivity index (χ0v) is 30.2. The smallest absolute Gasteiger partial charge is 0.295 e. The van der Waals surface area contributed by atoms with Crippen molar-refractivity contribution in [3.05, 3.63) is 66.0 Å². The predicted octanol–water partition coefficient (Wildman–Crippen LogP) is 1.51. The molecule has 1 aromatic carbocycles. The van der Waals surface area contributed by atoms with Gasteiger partial charge in [0.15, 0.2) is 5.82 Å². The highest BCUT2D eigenvalue weighted by molar-refractivity contribution is 14.1. The summed E-state index contributed by atoms with van der Waals surface area (Å²) in [6, 6.07) is 8.92. The highest BCUT2D eigenvalue weighted by Gasteiger charge is 2.31. The Hall–Kier alpha value is -4.50. The Morgan fingerprint density at radius 2 is 1.51 bits per heavy atom. The van der Waals surface area contributed by atoms with Crippen LogP contribution in [0.5, 0.6) is 5.75 Å². The van der Waals surface area contributed by atoms with Gasteiger partial charge >= 0.3 is 0 Å². The number of nitrogens with zero attached hydrogens (tertiary/aromatic N) is 6. The molecule has 0 bridgehead atoms. The molecule has 51 heavy (non-hydrogen) atoms. The lowest BCUT2D eigenvalue weighted by molar-refractivity contribution is -0.127. The molecule has 0 unspecified atom stereocenters. The molecule has 2 N–H and O–H groups in total. The molecule has 18 heteroatoms. The Morgan fingerprint density at radius 1 is 0.863 bits per heavy atom. The fraction of sp³-hybridized carbons (Fsp3) is 0.424. The summed E-state index contributed by atoms with van der Waals surface area (Å²) in [5.41, 5.74) is 1.01. The third-order valence-electron chi connectivity index (χ3n) is 7.82. The zero-order chi connectivity index (χ0) is 36.0. The SMILES string of the molecule is COc1cnc(-n2cnc(C(=O)NCCOCCOCCOCCOCI)n2)c2[nH]cc(C(=O)C(=O)N3CCN(C(=O)c4ccccc4)CC3)c12. The number of halogens is 1. The molecule has 0 saturated carbocycles. The number of ether oxygens (including phenoxy) is 5. The number of aromatic nitrogens is 5. The number of amides is 3. The summed E-state index contributed by atoms with van der Waals surface area (Å²) in [6.07, 6.45) is 4.14. The number of ketones is 1. The summed E-state index contributed by atoms with van der Waals surface area (Å²) in [5.74, 6) is -1.68. The molecule has 4 aromatic rings. The number of carbonyl (C=O) groups is 4. The van der Waals surface area contributed by atoms with E-state index < -0.39 is 17.6 Å². The number of H-pyrrole nitrogens is 1. The molecule has 1 saturated heterocycles. The van der Waals surface area contributed by atoms with Gasteiger partial charge in [-0.05, 0) is 12.1 Å². The first-order chi connectivity index (χ1) is 24.9. The van der Waals surface area contributed by atoms with Crippen molar-refractivity contribution < 1.29 is 42.9 Å². The van der Waals surface area contributed by atoms with E-state index in [4.69, 9.17) is 23.7 Å². The van der Waals surface area contributed by atoms with E-state index in [1.54, 1.807) is 29.2 Å². The van der Waals surface area contributed by atoms with E-state index in [2.05, 4.69) is 48.0 Å². The third-order valence-corrected chi connectivity index (χ3v) is 8.27. The first-order valence-corrected chi connectivity index (χ1v) is 17.7. The molecule has 0 spiro atoms. The topological polar surface area (TPSA) is 192 Å². The van der Waals surface area contributed by atoms with Crippen molar-refractivity contribution in [3.8, 4) is 11.6 Å². The lowest BCUT2D eigenvalue weighted by Gasteiger charge is -2.34. The number of benzene rings is 1. The number of pyridine rings is 1. The van der Waals surface area contributed by atoms with Crippen LogP contribution in [-0.4, -0.2) is 149 Å². The molecule has 3 aromatic heterocycles. The summed E-state index contributed by atoms with van der Waals surface area (Å²) < 4.78 is 28.9. The van der Waals surface area contributed by atoms with Crippen LogP contribution in [0.1, 0.15) is 31.3 Å². The number of hydrogen-bond donors (Lipinski definition) is 2. The number of methoxy groups -OCH3 is 1. The van der Waals surface area contributed by atoms with Crippen LogP contribution in [0.15, 0.2) is 49.1 Å². The second-order valence-electron chi connectivity index (χ2n) is 11.0. The second-order valence-corrected chi connectivity index (χ2v) is 11.6. The van der Waals surface area contributed by atoms with Gasteiger partial charge in [0.1, 0.15) is 12.1 Å². The van der Waals surface area contributed by atoms with Crippen molar-refractivity contribution in [2.75, 3.05) is 90.7 Å². The number of piperazine rings is 1. The van der Waals surface area contributed by atoms with Gasteiger partial charge in [0.25, 0.3) is 23.5 Å². The van der Waals surface area contributed by atoms with Gasteiger partial charge in [-0.25, -0.2) is 9.97 Å². The molecule has 0 radical (unpaired) electrons. The van der Waals surface area contributed by atoms with E-state index in [1.807, 2.05) is 6.07 Å². The molecule has 4 heterocycles. The average Bonchev–Trinajstić information content (AvgIpc) is 3.85. The van der Waals surface area contributed by atoms with Gasteiger partial charge in [-0.15, -0.1) is 5.10 Å². The second kappa shape index (κ2) is 19.2. The van der Waals surface area contributed by atoms with E-state index in [1.165, 1.54) is 35.4 Å². The summed E-state index contributed by atoms with van der Waals surface area (Å²) in [4.78, 5) is 67.1. The van der Waals surface area contributed by atoms with E-state index >= 15 is 0 Å². The maximum Gasteiger partial charge on any atom is 0.295 e. The Labute approximate surface area is 307 Å². The van der Waals surface area contributed by atoms with Crippen LogP contribution in [0.3, 0.4) is 0 Å². The summed E-state index contributed by atoms with van der Waals surface area (Å²) in [7, 11) is 1.43. The Morgan fingerprint density at radius 3 is 2.18 bits per heavy atom. The molecule has 3 amide bonds. The van der Waals surface area contributed by atoms with Gasteiger partial charge in [-0.3, -0.25) is 19.2 Å². The molecular formula is C33H39IN8O9.